The van der Waals surface area contributed by atoms with Crippen molar-refractivity contribution in [3.05, 3.63) is 10.1 Å². The van der Waals surface area contributed by atoms with Crippen LogP contribution in [0.2, 0.25) is 0 Å². The van der Waals surface area contributed by atoms with Crippen molar-refractivity contribution >= 4 is 24.4 Å². The topological polar surface area (TPSA) is 66.9 Å². The van der Waals surface area contributed by atoms with Gasteiger partial charge in [-0.15, -0.1) is 12.4 Å². The molecule has 0 aliphatic heterocycles. The van der Waals surface area contributed by atoms with Crippen LogP contribution in [0.5, 0.6) is 0 Å². The Labute approximate surface area is 160 Å². The van der Waals surface area contributed by atoms with Gasteiger partial charge >= 0.3 is 122 Å². The van der Waals surface area contributed by atoms with Crippen LogP contribution < -0.4 is 110 Å². The molecule has 0 bridgehead atoms. The second kappa shape index (κ2) is 22.7. The van der Waals surface area contributed by atoms with Gasteiger partial charge in [-0.1, -0.05) is 0 Å². The summed E-state index contributed by atoms with van der Waals surface area (Å²) >= 11 is 0.0139. The van der Waals surface area contributed by atoms with Crippen molar-refractivity contribution in [3.8, 4) is 5.40 Å². The zero-order valence-electron chi connectivity index (χ0n) is 9.03. The van der Waals surface area contributed by atoms with E-state index >= 15 is 0 Å². The zero-order chi connectivity index (χ0) is 4.99. The Morgan fingerprint density at radius 1 is 1.60 bits per heavy atom. The van der Waals surface area contributed by atoms with Crippen LogP contribution in [-0.4, -0.2) is 4.33 Å². The van der Waals surface area contributed by atoms with Crippen molar-refractivity contribution in [3.63, 3.8) is 0 Å². The molecule has 0 saturated heterocycles. The molecule has 0 rings (SSSR count). The van der Waals surface area contributed by atoms with Crippen molar-refractivity contribution in [2.24, 2.45) is 0 Å². The maximum absolute atomic E-state index is 9.15. The van der Waals surface area contributed by atoms with Gasteiger partial charge in [0.15, 0.2) is 0 Å². The minimum absolute atomic E-state index is 0. The summed E-state index contributed by atoms with van der Waals surface area (Å²) in [6.45, 7) is 0. The van der Waals surface area contributed by atoms with Gasteiger partial charge in [-0.05, 0) is 0 Å². The van der Waals surface area contributed by atoms with Gasteiger partial charge in [0.2, 0.25) is 5.40 Å². The van der Waals surface area contributed by atoms with E-state index in [1.165, 1.54) is 5.40 Å². The summed E-state index contributed by atoms with van der Waals surface area (Å²) in [5, 5.41) is 17.9. The fourth-order valence-electron chi connectivity index (χ4n) is 0.0333. The van der Waals surface area contributed by atoms with Gasteiger partial charge in [-0.3, -0.25) is 0 Å². The quantitative estimate of drug-likeness (QED) is 0.147. The summed E-state index contributed by atoms with van der Waals surface area (Å²) in [7, 11) is 0. The average Bonchev–Trinajstić information content (AvgIpc) is 1.35. The normalized spacial score (nSPS) is 3.90. The summed E-state index contributed by atoms with van der Waals surface area (Å²) < 4.78 is -0.764. The van der Waals surface area contributed by atoms with E-state index < -0.39 is 4.33 Å². The predicted octanol–water partition coefficient (Wildman–Crippen LogP) is -7.84. The molecule has 0 spiro atoms. The van der Waals surface area contributed by atoms with Crippen molar-refractivity contribution in [2.75, 3.05) is 0 Å². The van der Waals surface area contributed by atoms with Crippen molar-refractivity contribution < 1.29 is 119 Å². The largest absolute Gasteiger partial charge is 1.00 e. The molecule has 0 heterocycles. The van der Waals surface area contributed by atoms with Crippen LogP contribution in [0, 0.1) is 20.8 Å². The van der Waals surface area contributed by atoms with Crippen molar-refractivity contribution in [1.82, 2.24) is 0 Å². The van der Waals surface area contributed by atoms with E-state index in [4.69, 9.17) is 15.4 Å². The molecule has 46 valence electrons. The van der Waals surface area contributed by atoms with Crippen LogP contribution in [-0.2, 0) is 0 Å². The van der Waals surface area contributed by atoms with E-state index in [0.717, 1.165) is 0 Å². The van der Waals surface area contributed by atoms with E-state index in [-0.39, 0.29) is 139 Å². The van der Waals surface area contributed by atoms with Crippen LogP contribution in [0.3, 0.4) is 0 Å². The monoisotopic (exact) mass is 228 g/mol. The van der Waals surface area contributed by atoms with E-state index in [9.17, 15) is 0 Å². The Bertz CT molecular complexity index is 120. The van der Waals surface area contributed by atoms with Gasteiger partial charge in [0.25, 0.3) is 0 Å². The Hall–Kier alpha value is 3.17. The number of nitro groups is 1. The third-order valence-corrected chi connectivity index (χ3v) is 0.346. The van der Waals surface area contributed by atoms with Crippen molar-refractivity contribution in [1.29, 1.82) is 5.26 Å². The molecule has 0 N–H and O–H groups in total. The van der Waals surface area contributed by atoms with E-state index in [2.05, 4.69) is 0 Å². The van der Waals surface area contributed by atoms with Crippen LogP contribution >= 0.6 is 24.4 Å². The number of hydrogen-bond donors (Lipinski definition) is 0. The molecule has 0 aromatic heterocycles. The number of thiocyanates is 1. The Morgan fingerprint density at radius 2 is 1.90 bits per heavy atom. The molecule has 10 heavy (non-hydrogen) atoms. The van der Waals surface area contributed by atoms with Gasteiger partial charge in [-0.2, -0.15) is 5.26 Å². The maximum Gasteiger partial charge on any atom is 1.00 e. The molecule has 0 aromatic carbocycles. The third-order valence-electron chi connectivity index (χ3n) is 0.115. The summed E-state index contributed by atoms with van der Waals surface area (Å²) in [6, 6.07) is 0. The Morgan fingerprint density at radius 3 is 1.90 bits per heavy atom. The van der Waals surface area contributed by atoms with Gasteiger partial charge < -0.3 is 4.28 Å². The summed E-state index contributed by atoms with van der Waals surface area (Å²) in [4.78, 5) is 9.15. The van der Waals surface area contributed by atoms with Crippen LogP contribution in [0.1, 0.15) is 4.28 Å². The van der Waals surface area contributed by atoms with Crippen LogP contribution in [0.25, 0.3) is 0 Å². The molecular weight excluding hydrogens is 225 g/mol. The first kappa shape index (κ1) is 29.2. The number of nitriles is 1. The van der Waals surface area contributed by atoms with E-state index in [1.807, 2.05) is 0 Å². The summed E-state index contributed by atoms with van der Waals surface area (Å²) in [5.74, 6) is 0. The fraction of sp³-hybridized carbons (Fsp3) is 0. The maximum atomic E-state index is 9.15. The molecule has 0 radical (unpaired) electrons. The standard InChI is InChI=1S/CN2O2S.ClH.K.2Na.3H/c2-1-6-3(4)5;;;;;;;/h;1H;;;;;;/q;;3*+1;3*-1. The number of halogens is 1. The first-order chi connectivity index (χ1) is 2.77. The van der Waals surface area contributed by atoms with E-state index in [0.29, 0.717) is 0 Å². The third kappa shape index (κ3) is 30.4. The molecule has 0 saturated carbocycles. The summed E-state index contributed by atoms with van der Waals surface area (Å²) in [6.07, 6.45) is 0. The molecule has 4 nitrogen and oxygen atoms in total. The van der Waals surface area contributed by atoms with Gasteiger partial charge in [0.1, 0.15) is 4.33 Å². The Balaban J connectivity index is -0.00000000595. The molecule has 0 aliphatic carbocycles. The van der Waals surface area contributed by atoms with Gasteiger partial charge in [0, 0.05) is 0 Å². The molecule has 0 aromatic rings. The molecule has 0 atom stereocenters. The number of nitrogens with zero attached hydrogens (tertiary/aromatic N) is 2. The SMILES string of the molecule is Cl.N#CS[N+](=O)[O-].[H-].[H-].[H-].[K+].[Na+].[Na+]. The minimum Gasteiger partial charge on any atom is -1.00 e. The predicted molar refractivity (Wildman–Crippen MR) is 30.8 cm³/mol. The number of rotatable bonds is 1. The van der Waals surface area contributed by atoms with E-state index in [1.54, 1.807) is 0 Å². The molecule has 0 fully saturated rings. The Kier molecular flexibility index (Phi) is 66.5. The molecule has 9 heteroatoms. The smallest absolute Gasteiger partial charge is 1.00 e. The molecule has 0 amide bonds. The minimum atomic E-state index is -0.764. The molecule has 0 aliphatic rings. The van der Waals surface area contributed by atoms with Crippen LogP contribution in [0.4, 0.5) is 0 Å². The molecular formula is CH4ClKN2Na2O2S. The molecule has 0 unspecified atom stereocenters. The average molecular weight is 229 g/mol. The van der Waals surface area contributed by atoms with Gasteiger partial charge in [-0.25, -0.2) is 10.1 Å². The van der Waals surface area contributed by atoms with Crippen LogP contribution in [0.15, 0.2) is 0 Å². The fourth-order valence-corrected chi connectivity index (χ4v) is 0.100. The first-order valence-corrected chi connectivity index (χ1v) is 1.75. The summed E-state index contributed by atoms with van der Waals surface area (Å²) in [5.41, 5.74) is 0. The number of hydrogen-bond acceptors (Lipinski definition) is 4. The van der Waals surface area contributed by atoms with Crippen molar-refractivity contribution in [2.45, 2.75) is 0 Å². The second-order valence-electron chi connectivity index (χ2n) is 0.406. The first-order valence-electron chi connectivity index (χ1n) is 0.975. The second-order valence-corrected chi connectivity index (χ2v) is 1.07. The van der Waals surface area contributed by atoms with Gasteiger partial charge in [0.05, 0.1) is 0 Å². The zero-order valence-corrected chi connectivity index (χ0v) is 14.8.